The van der Waals surface area contributed by atoms with E-state index >= 15 is 0 Å². The number of rotatable bonds is 6. The van der Waals surface area contributed by atoms with Gasteiger partial charge in [-0.3, -0.25) is 4.79 Å². The van der Waals surface area contributed by atoms with E-state index in [2.05, 4.69) is 19.2 Å². The minimum atomic E-state index is -0.0173. The van der Waals surface area contributed by atoms with Gasteiger partial charge in [0.1, 0.15) is 5.75 Å². The van der Waals surface area contributed by atoms with E-state index in [1.165, 1.54) is 11.6 Å². The minimum Gasteiger partial charge on any atom is -0.497 e. The minimum absolute atomic E-state index is 0.0173. The first-order valence-electron chi connectivity index (χ1n) is 7.31. The summed E-state index contributed by atoms with van der Waals surface area (Å²) in [6.07, 6.45) is 3.19. The third-order valence-corrected chi connectivity index (χ3v) is 3.44. The Hall–Kier alpha value is -2.55. The summed E-state index contributed by atoms with van der Waals surface area (Å²) in [4.78, 5) is 12.1. The molecule has 0 aliphatic heterocycles. The number of carbonyl (C=O) groups is 1. The van der Waals surface area contributed by atoms with Crippen molar-refractivity contribution in [2.45, 2.75) is 19.8 Å². The summed E-state index contributed by atoms with van der Waals surface area (Å²) in [5, 5.41) is 3.07. The summed E-state index contributed by atoms with van der Waals surface area (Å²) >= 11 is 0. The number of methoxy groups -OCH3 is 1. The molecule has 2 aromatic carbocycles. The molecule has 0 aliphatic carbocycles. The van der Waals surface area contributed by atoms with E-state index in [0.29, 0.717) is 11.5 Å². The van der Waals surface area contributed by atoms with Gasteiger partial charge in [-0.2, -0.15) is 0 Å². The van der Waals surface area contributed by atoms with Crippen LogP contribution in [0, 0.1) is 0 Å². The van der Waals surface area contributed by atoms with Gasteiger partial charge in [0.2, 0.25) is 0 Å². The van der Waals surface area contributed by atoms with Gasteiger partial charge in [-0.15, -0.1) is 0 Å². The van der Waals surface area contributed by atoms with E-state index in [1.807, 2.05) is 48.5 Å². The summed E-state index contributed by atoms with van der Waals surface area (Å²) in [6, 6.07) is 15.3. The number of carbonyl (C=O) groups excluding carboxylic acids is 1. The SMILES string of the molecule is COc1ccc(NC=CC(=O)c2ccc(C(C)C)cc2)cc1. The number of allylic oxidation sites excluding steroid dienone is 1. The molecule has 114 valence electrons. The predicted octanol–water partition coefficient (Wildman–Crippen LogP) is 4.63. The van der Waals surface area contributed by atoms with E-state index in [9.17, 15) is 4.79 Å². The Morgan fingerprint density at radius 3 is 2.23 bits per heavy atom. The van der Waals surface area contributed by atoms with Crippen LogP contribution in [0.1, 0.15) is 35.7 Å². The second-order valence-corrected chi connectivity index (χ2v) is 5.35. The van der Waals surface area contributed by atoms with Crippen LogP contribution in [0.5, 0.6) is 5.75 Å². The van der Waals surface area contributed by atoms with Crippen LogP contribution >= 0.6 is 0 Å². The number of hydrogen-bond donors (Lipinski definition) is 1. The molecule has 0 radical (unpaired) electrons. The normalized spacial score (nSPS) is 10.9. The molecule has 0 saturated carbocycles. The number of benzene rings is 2. The summed E-state index contributed by atoms with van der Waals surface area (Å²) in [5.74, 6) is 1.25. The zero-order valence-corrected chi connectivity index (χ0v) is 13.2. The molecule has 0 heterocycles. The zero-order chi connectivity index (χ0) is 15.9. The first kappa shape index (κ1) is 15.8. The Labute approximate surface area is 131 Å². The van der Waals surface area contributed by atoms with Gasteiger partial charge in [0, 0.05) is 23.5 Å². The molecule has 0 unspecified atom stereocenters. The van der Waals surface area contributed by atoms with Crippen molar-refractivity contribution in [1.29, 1.82) is 0 Å². The molecule has 0 amide bonds. The molecule has 22 heavy (non-hydrogen) atoms. The van der Waals surface area contributed by atoms with Crippen molar-refractivity contribution in [1.82, 2.24) is 0 Å². The summed E-state index contributed by atoms with van der Waals surface area (Å²) in [7, 11) is 1.63. The van der Waals surface area contributed by atoms with Gasteiger partial charge in [-0.25, -0.2) is 0 Å². The standard InChI is InChI=1S/C19H21NO2/c1-14(2)15-4-6-16(7-5-15)19(21)12-13-20-17-8-10-18(22-3)11-9-17/h4-14,20H,1-3H3. The van der Waals surface area contributed by atoms with Crippen LogP contribution in [0.3, 0.4) is 0 Å². The topological polar surface area (TPSA) is 38.3 Å². The van der Waals surface area contributed by atoms with Gasteiger partial charge in [-0.05, 0) is 35.7 Å². The summed E-state index contributed by atoms with van der Waals surface area (Å²) in [6.45, 7) is 4.27. The highest BCUT2D eigenvalue weighted by Crippen LogP contribution is 2.16. The largest absolute Gasteiger partial charge is 0.497 e. The molecule has 0 saturated heterocycles. The van der Waals surface area contributed by atoms with Crippen LogP contribution in [0.4, 0.5) is 5.69 Å². The quantitative estimate of drug-likeness (QED) is 0.624. The van der Waals surface area contributed by atoms with Crippen LogP contribution in [-0.2, 0) is 0 Å². The summed E-state index contributed by atoms with van der Waals surface area (Å²) < 4.78 is 5.10. The van der Waals surface area contributed by atoms with Crippen LogP contribution in [0.2, 0.25) is 0 Å². The lowest BCUT2D eigenvalue weighted by atomic mass is 10.0. The molecule has 3 nitrogen and oxygen atoms in total. The fourth-order valence-electron chi connectivity index (χ4n) is 2.03. The van der Waals surface area contributed by atoms with Crippen LogP contribution < -0.4 is 10.1 Å². The molecule has 3 heteroatoms. The lowest BCUT2D eigenvalue weighted by molar-refractivity contribution is 0.104. The monoisotopic (exact) mass is 295 g/mol. The van der Waals surface area contributed by atoms with E-state index in [0.717, 1.165) is 11.4 Å². The Morgan fingerprint density at radius 2 is 1.68 bits per heavy atom. The first-order valence-corrected chi connectivity index (χ1v) is 7.31. The van der Waals surface area contributed by atoms with E-state index in [-0.39, 0.29) is 5.78 Å². The van der Waals surface area contributed by atoms with E-state index < -0.39 is 0 Å². The van der Waals surface area contributed by atoms with Crippen molar-refractivity contribution in [3.8, 4) is 5.75 Å². The highest BCUT2D eigenvalue weighted by atomic mass is 16.5. The van der Waals surface area contributed by atoms with Gasteiger partial charge in [-0.1, -0.05) is 38.1 Å². The highest BCUT2D eigenvalue weighted by Gasteiger charge is 2.03. The lowest BCUT2D eigenvalue weighted by Crippen LogP contribution is -1.97. The zero-order valence-electron chi connectivity index (χ0n) is 13.2. The number of ketones is 1. The second-order valence-electron chi connectivity index (χ2n) is 5.35. The van der Waals surface area contributed by atoms with Crippen LogP contribution in [0.15, 0.2) is 60.8 Å². The van der Waals surface area contributed by atoms with Crippen molar-refractivity contribution >= 4 is 11.5 Å². The number of nitrogens with one attached hydrogen (secondary N) is 1. The number of anilines is 1. The van der Waals surface area contributed by atoms with E-state index in [4.69, 9.17) is 4.74 Å². The third kappa shape index (κ3) is 4.22. The fraction of sp³-hybridized carbons (Fsp3) is 0.211. The van der Waals surface area contributed by atoms with Crippen molar-refractivity contribution in [3.05, 3.63) is 71.9 Å². The second kappa shape index (κ2) is 7.46. The number of hydrogen-bond acceptors (Lipinski definition) is 3. The number of ether oxygens (including phenoxy) is 1. The molecule has 0 spiro atoms. The van der Waals surface area contributed by atoms with Gasteiger partial charge in [0.15, 0.2) is 5.78 Å². The van der Waals surface area contributed by atoms with Gasteiger partial charge >= 0.3 is 0 Å². The Bertz CT molecular complexity index is 640. The average Bonchev–Trinajstić information content (AvgIpc) is 2.55. The maximum absolute atomic E-state index is 12.1. The third-order valence-electron chi connectivity index (χ3n) is 3.44. The maximum Gasteiger partial charge on any atom is 0.187 e. The molecule has 0 bridgehead atoms. The molecular weight excluding hydrogens is 274 g/mol. The molecular formula is C19H21NO2. The molecule has 1 N–H and O–H groups in total. The van der Waals surface area contributed by atoms with Crippen LogP contribution in [-0.4, -0.2) is 12.9 Å². The molecule has 0 aromatic heterocycles. The Kier molecular flexibility index (Phi) is 5.37. The van der Waals surface area contributed by atoms with Gasteiger partial charge in [0.05, 0.1) is 7.11 Å². The summed E-state index contributed by atoms with van der Waals surface area (Å²) in [5.41, 5.74) is 2.83. The highest BCUT2D eigenvalue weighted by molar-refractivity contribution is 6.04. The maximum atomic E-state index is 12.1. The van der Waals surface area contributed by atoms with Gasteiger partial charge < -0.3 is 10.1 Å². The van der Waals surface area contributed by atoms with Gasteiger partial charge in [0.25, 0.3) is 0 Å². The molecule has 2 rings (SSSR count). The van der Waals surface area contributed by atoms with Crippen molar-refractivity contribution < 1.29 is 9.53 Å². The Morgan fingerprint density at radius 1 is 1.05 bits per heavy atom. The fourth-order valence-corrected chi connectivity index (χ4v) is 2.03. The Balaban J connectivity index is 1.95. The van der Waals surface area contributed by atoms with Crippen molar-refractivity contribution in [3.63, 3.8) is 0 Å². The average molecular weight is 295 g/mol. The molecule has 0 fully saturated rings. The lowest BCUT2D eigenvalue weighted by Gasteiger charge is -2.05. The molecule has 0 atom stereocenters. The van der Waals surface area contributed by atoms with Crippen molar-refractivity contribution in [2.24, 2.45) is 0 Å². The smallest absolute Gasteiger partial charge is 0.187 e. The molecule has 2 aromatic rings. The molecule has 0 aliphatic rings. The van der Waals surface area contributed by atoms with E-state index in [1.54, 1.807) is 13.3 Å². The van der Waals surface area contributed by atoms with Crippen molar-refractivity contribution in [2.75, 3.05) is 12.4 Å². The van der Waals surface area contributed by atoms with Crippen LogP contribution in [0.25, 0.3) is 0 Å². The predicted molar refractivity (Wildman–Crippen MR) is 90.6 cm³/mol. The first-order chi connectivity index (χ1) is 10.6.